The quantitative estimate of drug-likeness (QED) is 0.687. The number of nitrogens with zero attached hydrogens (tertiary/aromatic N) is 1. The molecule has 2 aromatic carbocycles. The summed E-state index contributed by atoms with van der Waals surface area (Å²) in [4.78, 5) is 20.9. The molecular weight excluding hydrogens is 281 g/mol. The molecule has 7 heteroatoms. The van der Waals surface area contributed by atoms with E-state index in [9.17, 15) is 19.3 Å². The smallest absolute Gasteiger partial charge is 0.342 e. The Balaban J connectivity index is 2.41. The molecule has 0 saturated heterocycles. The first-order chi connectivity index (χ1) is 9.88. The Bertz CT molecular complexity index is 729. The Kier molecular flexibility index (Phi) is 3.84. The number of hydrogen-bond donors (Lipinski definition) is 1. The predicted molar refractivity (Wildman–Crippen MR) is 71.3 cm³/mol. The third-order valence-electron chi connectivity index (χ3n) is 2.71. The number of aryl methyl sites for hydroxylation is 1. The fourth-order valence-electron chi connectivity index (χ4n) is 1.72. The first-order valence-electron chi connectivity index (χ1n) is 5.84. The largest absolute Gasteiger partial charge is 0.477 e. The molecule has 1 N–H and O–H groups in total. The lowest BCUT2D eigenvalue weighted by atomic mass is 10.1. The fraction of sp³-hybridized carbons (Fsp3) is 0.0714. The predicted octanol–water partition coefficient (Wildman–Crippen LogP) is 3.53. The second-order valence-corrected chi connectivity index (χ2v) is 4.28. The van der Waals surface area contributed by atoms with Crippen molar-refractivity contribution >= 4 is 11.7 Å². The second kappa shape index (κ2) is 5.58. The van der Waals surface area contributed by atoms with Gasteiger partial charge in [0.1, 0.15) is 11.3 Å². The van der Waals surface area contributed by atoms with Gasteiger partial charge in [0.15, 0.2) is 11.6 Å². The van der Waals surface area contributed by atoms with Crippen molar-refractivity contribution < 1.29 is 24.0 Å². The van der Waals surface area contributed by atoms with E-state index in [0.717, 1.165) is 17.7 Å². The van der Waals surface area contributed by atoms with E-state index in [-0.39, 0.29) is 11.5 Å². The minimum atomic E-state index is -1.46. The molecule has 0 aromatic heterocycles. The lowest BCUT2D eigenvalue weighted by molar-refractivity contribution is -0.385. The third-order valence-corrected chi connectivity index (χ3v) is 2.71. The van der Waals surface area contributed by atoms with Crippen molar-refractivity contribution in [2.45, 2.75) is 6.92 Å². The number of hydrogen-bond acceptors (Lipinski definition) is 4. The van der Waals surface area contributed by atoms with E-state index in [4.69, 9.17) is 9.84 Å². The van der Waals surface area contributed by atoms with Gasteiger partial charge in [-0.15, -0.1) is 0 Å². The molecule has 0 saturated carbocycles. The first-order valence-corrected chi connectivity index (χ1v) is 5.84. The van der Waals surface area contributed by atoms with E-state index in [2.05, 4.69) is 0 Å². The highest BCUT2D eigenvalue weighted by atomic mass is 19.1. The zero-order chi connectivity index (χ0) is 15.6. The highest BCUT2D eigenvalue weighted by molar-refractivity contribution is 5.92. The monoisotopic (exact) mass is 291 g/mol. The van der Waals surface area contributed by atoms with Crippen molar-refractivity contribution in [2.75, 3.05) is 0 Å². The highest BCUT2D eigenvalue weighted by Gasteiger charge is 2.20. The number of nitro groups is 1. The van der Waals surface area contributed by atoms with E-state index in [1.807, 2.05) is 0 Å². The number of aromatic carboxylic acids is 1. The Labute approximate surface area is 118 Å². The molecule has 6 nitrogen and oxygen atoms in total. The van der Waals surface area contributed by atoms with Crippen LogP contribution in [0.3, 0.4) is 0 Å². The second-order valence-electron chi connectivity index (χ2n) is 4.28. The van der Waals surface area contributed by atoms with Gasteiger partial charge in [-0.1, -0.05) is 6.07 Å². The van der Waals surface area contributed by atoms with Crippen molar-refractivity contribution in [1.29, 1.82) is 0 Å². The number of carboxylic acid groups (broad SMARTS) is 1. The van der Waals surface area contributed by atoms with Crippen LogP contribution in [-0.4, -0.2) is 16.0 Å². The molecule has 0 fully saturated rings. The average molecular weight is 291 g/mol. The molecule has 2 aromatic rings. The number of ether oxygens (including phenoxy) is 1. The van der Waals surface area contributed by atoms with Crippen LogP contribution in [0.1, 0.15) is 15.9 Å². The molecule has 108 valence electrons. The maximum absolute atomic E-state index is 13.6. The van der Waals surface area contributed by atoms with Crippen molar-refractivity contribution in [3.63, 3.8) is 0 Å². The van der Waals surface area contributed by atoms with Gasteiger partial charge in [0.25, 0.3) is 5.69 Å². The lowest BCUT2D eigenvalue weighted by Gasteiger charge is -2.08. The fourth-order valence-corrected chi connectivity index (χ4v) is 1.72. The highest BCUT2D eigenvalue weighted by Crippen LogP contribution is 2.29. The number of nitro benzene ring substituents is 1. The summed E-state index contributed by atoms with van der Waals surface area (Å²) in [5, 5.41) is 19.7. The van der Waals surface area contributed by atoms with Gasteiger partial charge in [-0.3, -0.25) is 10.1 Å². The van der Waals surface area contributed by atoms with E-state index in [0.29, 0.717) is 0 Å². The average Bonchev–Trinajstić information content (AvgIpc) is 2.42. The van der Waals surface area contributed by atoms with Crippen LogP contribution in [0.15, 0.2) is 36.4 Å². The van der Waals surface area contributed by atoms with Crippen molar-refractivity contribution in [1.82, 2.24) is 0 Å². The van der Waals surface area contributed by atoms with Crippen LogP contribution >= 0.6 is 0 Å². The summed E-state index contributed by atoms with van der Waals surface area (Å²) in [6.45, 7) is 1.74. The molecule has 0 radical (unpaired) electrons. The van der Waals surface area contributed by atoms with Gasteiger partial charge >= 0.3 is 5.97 Å². The zero-order valence-corrected chi connectivity index (χ0v) is 10.9. The third kappa shape index (κ3) is 3.14. The van der Waals surface area contributed by atoms with Gasteiger partial charge < -0.3 is 9.84 Å². The van der Waals surface area contributed by atoms with Gasteiger partial charge in [0.2, 0.25) is 0 Å². The molecular formula is C14H10FNO5. The van der Waals surface area contributed by atoms with E-state index in [1.54, 1.807) is 13.0 Å². The molecule has 0 aliphatic carbocycles. The molecule has 0 amide bonds. The van der Waals surface area contributed by atoms with Crippen LogP contribution in [0.5, 0.6) is 11.5 Å². The number of halogens is 1. The molecule has 0 aliphatic heterocycles. The maximum Gasteiger partial charge on any atom is 0.342 e. The summed E-state index contributed by atoms with van der Waals surface area (Å²) in [6, 6.07) is 7.42. The molecule has 0 bridgehead atoms. The van der Waals surface area contributed by atoms with Gasteiger partial charge in [-0.05, 0) is 30.7 Å². The first kappa shape index (κ1) is 14.4. The van der Waals surface area contributed by atoms with Crippen LogP contribution in [0.4, 0.5) is 10.1 Å². The molecule has 0 aliphatic rings. The Morgan fingerprint density at radius 2 is 2.00 bits per heavy atom. The van der Waals surface area contributed by atoms with E-state index < -0.39 is 28.0 Å². The van der Waals surface area contributed by atoms with E-state index >= 15 is 0 Å². The molecule has 0 unspecified atom stereocenters. The van der Waals surface area contributed by atoms with Gasteiger partial charge in [0, 0.05) is 12.1 Å². The molecule has 0 heterocycles. The topological polar surface area (TPSA) is 89.7 Å². The Hall–Kier alpha value is -2.96. The molecule has 2 rings (SSSR count). The van der Waals surface area contributed by atoms with Crippen LogP contribution in [0.2, 0.25) is 0 Å². The van der Waals surface area contributed by atoms with Crippen LogP contribution in [0.25, 0.3) is 0 Å². The van der Waals surface area contributed by atoms with Gasteiger partial charge in [-0.2, -0.15) is 0 Å². The lowest BCUT2D eigenvalue weighted by Crippen LogP contribution is -2.03. The van der Waals surface area contributed by atoms with Crippen molar-refractivity contribution in [3.05, 3.63) is 63.5 Å². The normalized spacial score (nSPS) is 10.2. The summed E-state index contributed by atoms with van der Waals surface area (Å²) in [5.74, 6) is -2.16. The summed E-state index contributed by atoms with van der Waals surface area (Å²) in [5.41, 5.74) is -0.322. The zero-order valence-electron chi connectivity index (χ0n) is 10.9. The maximum atomic E-state index is 13.6. The molecule has 0 spiro atoms. The number of benzene rings is 2. The molecule has 0 atom stereocenters. The van der Waals surface area contributed by atoms with Gasteiger partial charge in [0.05, 0.1) is 4.92 Å². The summed E-state index contributed by atoms with van der Waals surface area (Å²) < 4.78 is 18.8. The number of rotatable bonds is 4. The van der Waals surface area contributed by atoms with Gasteiger partial charge in [-0.25, -0.2) is 9.18 Å². The minimum Gasteiger partial charge on any atom is -0.477 e. The Morgan fingerprint density at radius 3 is 2.62 bits per heavy atom. The van der Waals surface area contributed by atoms with E-state index in [1.165, 1.54) is 18.2 Å². The van der Waals surface area contributed by atoms with Crippen LogP contribution < -0.4 is 4.74 Å². The van der Waals surface area contributed by atoms with Crippen LogP contribution in [-0.2, 0) is 0 Å². The van der Waals surface area contributed by atoms with Crippen molar-refractivity contribution in [3.8, 4) is 11.5 Å². The van der Waals surface area contributed by atoms with Crippen LogP contribution in [0, 0.1) is 22.9 Å². The Morgan fingerprint density at radius 1 is 1.29 bits per heavy atom. The molecule has 21 heavy (non-hydrogen) atoms. The SMILES string of the molecule is Cc1ccc(F)c(Oc2ccc([N+](=O)[O-])c(C(=O)O)c2)c1. The standard InChI is InChI=1S/C14H10FNO5/c1-8-2-4-11(15)13(6-8)21-9-3-5-12(16(19)20)10(7-9)14(17)18/h2-7H,1H3,(H,17,18). The summed E-state index contributed by atoms with van der Waals surface area (Å²) >= 11 is 0. The summed E-state index contributed by atoms with van der Waals surface area (Å²) in [7, 11) is 0. The minimum absolute atomic E-state index is 0.00231. The van der Waals surface area contributed by atoms with Crippen molar-refractivity contribution in [2.24, 2.45) is 0 Å². The summed E-state index contributed by atoms with van der Waals surface area (Å²) in [6.07, 6.45) is 0. The number of carboxylic acids is 1. The number of carbonyl (C=O) groups is 1.